The summed E-state index contributed by atoms with van der Waals surface area (Å²) in [5.41, 5.74) is 8.26. The molecule has 1 unspecified atom stereocenters. The average Bonchev–Trinajstić information content (AvgIpc) is 2.16. The van der Waals surface area contributed by atoms with Crippen molar-refractivity contribution in [1.29, 1.82) is 0 Å². The molecule has 4 nitrogen and oxygen atoms in total. The quantitative estimate of drug-likeness (QED) is 0.524. The third-order valence-corrected chi connectivity index (χ3v) is 1.99. The maximum atomic E-state index is 9.13. The van der Waals surface area contributed by atoms with Crippen LogP contribution in [0.25, 0.3) is 0 Å². The first-order chi connectivity index (χ1) is 6.63. The molecule has 0 aromatic heterocycles. The van der Waals surface area contributed by atoms with Crippen LogP contribution in [0.4, 0.5) is 11.4 Å². The lowest BCUT2D eigenvalue weighted by Crippen LogP contribution is -2.23. The van der Waals surface area contributed by atoms with Crippen molar-refractivity contribution in [3.63, 3.8) is 0 Å². The second kappa shape index (κ2) is 4.83. The van der Waals surface area contributed by atoms with Gasteiger partial charge in [0.1, 0.15) is 0 Å². The maximum Gasteiger partial charge on any atom is 0.0942 e. The van der Waals surface area contributed by atoms with Crippen LogP contribution < -0.4 is 11.1 Å². The van der Waals surface area contributed by atoms with Gasteiger partial charge in [-0.05, 0) is 30.7 Å². The van der Waals surface area contributed by atoms with Crippen LogP contribution in [0.15, 0.2) is 18.2 Å². The summed E-state index contributed by atoms with van der Waals surface area (Å²) in [5, 5.41) is 20.8. The minimum absolute atomic E-state index is 0.235. The van der Waals surface area contributed by atoms with Crippen molar-refractivity contribution in [2.45, 2.75) is 13.0 Å². The van der Waals surface area contributed by atoms with Gasteiger partial charge in [-0.15, -0.1) is 0 Å². The van der Waals surface area contributed by atoms with Crippen molar-refractivity contribution in [1.82, 2.24) is 0 Å². The van der Waals surface area contributed by atoms with E-state index in [0.717, 1.165) is 16.9 Å². The fourth-order valence-corrected chi connectivity index (χ4v) is 1.18. The van der Waals surface area contributed by atoms with E-state index < -0.39 is 6.10 Å². The zero-order chi connectivity index (χ0) is 10.6. The summed E-state index contributed by atoms with van der Waals surface area (Å²) in [6, 6.07) is 5.50. The van der Waals surface area contributed by atoms with E-state index in [-0.39, 0.29) is 6.61 Å². The molecule has 14 heavy (non-hydrogen) atoms. The van der Waals surface area contributed by atoms with Crippen LogP contribution in [0.1, 0.15) is 5.56 Å². The van der Waals surface area contributed by atoms with Crippen molar-refractivity contribution >= 4 is 11.4 Å². The number of benzene rings is 1. The van der Waals surface area contributed by atoms with Crippen LogP contribution in [0, 0.1) is 6.92 Å². The van der Waals surface area contributed by atoms with Crippen LogP contribution in [-0.4, -0.2) is 29.5 Å². The number of hydrogen-bond donors (Lipinski definition) is 4. The third kappa shape index (κ3) is 2.90. The smallest absolute Gasteiger partial charge is 0.0942 e. The number of nitrogens with two attached hydrogens (primary N) is 1. The van der Waals surface area contributed by atoms with Gasteiger partial charge >= 0.3 is 0 Å². The molecule has 0 spiro atoms. The Labute approximate surface area is 83.4 Å². The molecule has 0 radical (unpaired) electrons. The summed E-state index contributed by atoms with van der Waals surface area (Å²) in [6.07, 6.45) is -0.730. The van der Waals surface area contributed by atoms with Gasteiger partial charge in [0.05, 0.1) is 12.7 Å². The van der Waals surface area contributed by atoms with Crippen molar-refractivity contribution in [2.75, 3.05) is 24.2 Å². The van der Waals surface area contributed by atoms with E-state index >= 15 is 0 Å². The van der Waals surface area contributed by atoms with Crippen LogP contribution in [0.3, 0.4) is 0 Å². The SMILES string of the molecule is Cc1cc(N)ccc1NCC(O)CO. The lowest BCUT2D eigenvalue weighted by atomic mass is 10.2. The number of rotatable bonds is 4. The average molecular weight is 196 g/mol. The van der Waals surface area contributed by atoms with Crippen LogP contribution >= 0.6 is 0 Å². The molecule has 0 saturated carbocycles. The summed E-state index contributed by atoms with van der Waals surface area (Å²) in [4.78, 5) is 0. The predicted molar refractivity (Wildman–Crippen MR) is 57.2 cm³/mol. The summed E-state index contributed by atoms with van der Waals surface area (Å²) < 4.78 is 0. The number of nitrogens with one attached hydrogen (secondary N) is 1. The highest BCUT2D eigenvalue weighted by molar-refractivity contribution is 5.57. The lowest BCUT2D eigenvalue weighted by Gasteiger charge is -2.12. The number of hydrogen-bond acceptors (Lipinski definition) is 4. The first kappa shape index (κ1) is 10.8. The van der Waals surface area contributed by atoms with Crippen molar-refractivity contribution in [3.8, 4) is 0 Å². The van der Waals surface area contributed by atoms with Gasteiger partial charge in [0.2, 0.25) is 0 Å². The predicted octanol–water partition coefficient (Wildman–Crippen LogP) is 0.342. The van der Waals surface area contributed by atoms with Gasteiger partial charge in [-0.25, -0.2) is 0 Å². The molecular weight excluding hydrogens is 180 g/mol. The summed E-state index contributed by atoms with van der Waals surface area (Å²) in [7, 11) is 0. The zero-order valence-electron chi connectivity index (χ0n) is 8.20. The highest BCUT2D eigenvalue weighted by Gasteiger charge is 2.02. The van der Waals surface area contributed by atoms with E-state index in [1.807, 2.05) is 19.1 Å². The van der Waals surface area contributed by atoms with E-state index in [4.69, 9.17) is 15.9 Å². The molecule has 0 aliphatic carbocycles. The van der Waals surface area contributed by atoms with Gasteiger partial charge in [0.15, 0.2) is 0 Å². The number of aliphatic hydroxyl groups excluding tert-OH is 2. The molecule has 5 N–H and O–H groups in total. The van der Waals surface area contributed by atoms with Crippen LogP contribution in [0.5, 0.6) is 0 Å². The maximum absolute atomic E-state index is 9.13. The van der Waals surface area contributed by atoms with Crippen LogP contribution in [-0.2, 0) is 0 Å². The minimum Gasteiger partial charge on any atom is -0.399 e. The topological polar surface area (TPSA) is 78.5 Å². The molecule has 0 saturated heterocycles. The van der Waals surface area contributed by atoms with Gasteiger partial charge < -0.3 is 21.3 Å². The molecule has 4 heteroatoms. The van der Waals surface area contributed by atoms with E-state index in [1.165, 1.54) is 0 Å². The number of nitrogen functional groups attached to an aromatic ring is 1. The first-order valence-electron chi connectivity index (χ1n) is 4.52. The van der Waals surface area contributed by atoms with Gasteiger partial charge in [-0.2, -0.15) is 0 Å². The standard InChI is InChI=1S/C10H16N2O2/c1-7-4-8(11)2-3-10(7)12-5-9(14)6-13/h2-4,9,12-14H,5-6,11H2,1H3. The molecule has 1 atom stereocenters. The Morgan fingerprint density at radius 3 is 2.79 bits per heavy atom. The highest BCUT2D eigenvalue weighted by atomic mass is 16.3. The van der Waals surface area contributed by atoms with E-state index in [9.17, 15) is 0 Å². The third-order valence-electron chi connectivity index (χ3n) is 1.99. The van der Waals surface area contributed by atoms with Crippen molar-refractivity contribution in [2.24, 2.45) is 0 Å². The molecule has 0 aliphatic rings. The fraction of sp³-hybridized carbons (Fsp3) is 0.400. The molecule has 1 aromatic carbocycles. The molecule has 0 fully saturated rings. The summed E-state index contributed by atoms with van der Waals surface area (Å²) >= 11 is 0. The number of aryl methyl sites for hydroxylation is 1. The summed E-state index contributed by atoms with van der Waals surface area (Å²) in [6.45, 7) is 2.03. The van der Waals surface area contributed by atoms with Gasteiger partial charge in [0.25, 0.3) is 0 Å². The molecular formula is C10H16N2O2. The van der Waals surface area contributed by atoms with Crippen molar-refractivity contribution < 1.29 is 10.2 Å². The molecule has 0 heterocycles. The van der Waals surface area contributed by atoms with E-state index in [2.05, 4.69) is 5.32 Å². The van der Waals surface area contributed by atoms with Gasteiger partial charge in [-0.3, -0.25) is 0 Å². The van der Waals surface area contributed by atoms with Crippen LogP contribution in [0.2, 0.25) is 0 Å². The van der Waals surface area contributed by atoms with Gasteiger partial charge in [-0.1, -0.05) is 0 Å². The largest absolute Gasteiger partial charge is 0.399 e. The minimum atomic E-state index is -0.730. The Morgan fingerprint density at radius 1 is 1.50 bits per heavy atom. The number of aliphatic hydroxyl groups is 2. The molecule has 0 amide bonds. The second-order valence-electron chi connectivity index (χ2n) is 3.29. The van der Waals surface area contributed by atoms with E-state index in [1.54, 1.807) is 6.07 Å². The summed E-state index contributed by atoms with van der Waals surface area (Å²) in [5.74, 6) is 0. The lowest BCUT2D eigenvalue weighted by molar-refractivity contribution is 0.105. The zero-order valence-corrected chi connectivity index (χ0v) is 8.20. The Hall–Kier alpha value is -1.26. The Bertz CT molecular complexity index is 302. The van der Waals surface area contributed by atoms with Gasteiger partial charge in [0, 0.05) is 17.9 Å². The molecule has 1 rings (SSSR count). The number of anilines is 2. The Morgan fingerprint density at radius 2 is 2.21 bits per heavy atom. The Kier molecular flexibility index (Phi) is 3.73. The molecule has 0 bridgehead atoms. The second-order valence-corrected chi connectivity index (χ2v) is 3.29. The monoisotopic (exact) mass is 196 g/mol. The Balaban J connectivity index is 2.59. The normalized spacial score (nSPS) is 12.5. The fourth-order valence-electron chi connectivity index (χ4n) is 1.18. The van der Waals surface area contributed by atoms with E-state index in [0.29, 0.717) is 6.54 Å². The molecule has 0 aliphatic heterocycles. The van der Waals surface area contributed by atoms with Crippen molar-refractivity contribution in [3.05, 3.63) is 23.8 Å². The first-order valence-corrected chi connectivity index (χ1v) is 4.52. The molecule has 1 aromatic rings. The highest BCUT2D eigenvalue weighted by Crippen LogP contribution is 2.17. The molecule has 78 valence electrons.